The normalized spacial score (nSPS) is 26.2. The van der Waals surface area contributed by atoms with Gasteiger partial charge in [-0.05, 0) is 37.0 Å². The summed E-state index contributed by atoms with van der Waals surface area (Å²) in [4.78, 5) is 12.5. The van der Waals surface area contributed by atoms with E-state index < -0.39 is 6.10 Å². The van der Waals surface area contributed by atoms with Gasteiger partial charge in [0.2, 0.25) is 12.7 Å². The van der Waals surface area contributed by atoms with Gasteiger partial charge in [0.25, 0.3) is 0 Å². The van der Waals surface area contributed by atoms with E-state index in [1.54, 1.807) is 0 Å². The summed E-state index contributed by atoms with van der Waals surface area (Å²) >= 11 is 0. The van der Waals surface area contributed by atoms with Crippen molar-refractivity contribution in [1.29, 1.82) is 0 Å². The van der Waals surface area contributed by atoms with Gasteiger partial charge in [0.05, 0.1) is 12.1 Å². The van der Waals surface area contributed by atoms with E-state index in [-0.39, 0.29) is 36.6 Å². The molecule has 2 heterocycles. The summed E-state index contributed by atoms with van der Waals surface area (Å²) in [7, 11) is 0. The number of amides is 1. The molecule has 0 spiro atoms. The van der Waals surface area contributed by atoms with Crippen LogP contribution in [0.15, 0.2) is 18.2 Å². The van der Waals surface area contributed by atoms with Crippen molar-refractivity contribution in [2.24, 2.45) is 0 Å². The Bertz CT molecular complexity index is 648. The highest BCUT2D eigenvalue weighted by Crippen LogP contribution is 2.43. The van der Waals surface area contributed by atoms with Gasteiger partial charge in [0, 0.05) is 18.5 Å². The van der Waals surface area contributed by atoms with Gasteiger partial charge in [-0.25, -0.2) is 0 Å². The number of rotatable bonds is 4. The molecule has 1 saturated carbocycles. The van der Waals surface area contributed by atoms with Crippen molar-refractivity contribution >= 4 is 18.3 Å². The number of benzene rings is 1. The van der Waals surface area contributed by atoms with Crippen molar-refractivity contribution in [3.05, 3.63) is 23.8 Å². The van der Waals surface area contributed by atoms with Gasteiger partial charge in [0.15, 0.2) is 11.5 Å². The second-order valence-corrected chi connectivity index (χ2v) is 7.48. The lowest BCUT2D eigenvalue weighted by Gasteiger charge is -2.38. The molecule has 1 aromatic carbocycles. The number of carbonyl (C=O) groups is 1. The molecule has 6 nitrogen and oxygen atoms in total. The minimum Gasteiger partial charge on any atom is -0.454 e. The molecule has 3 N–H and O–H groups in total. The minimum absolute atomic E-state index is 0. The summed E-state index contributed by atoms with van der Waals surface area (Å²) in [6.45, 7) is 1.39. The van der Waals surface area contributed by atoms with Crippen molar-refractivity contribution in [1.82, 2.24) is 10.6 Å². The predicted octanol–water partition coefficient (Wildman–Crippen LogP) is 1.88. The van der Waals surface area contributed by atoms with E-state index >= 15 is 0 Å². The molecule has 1 aliphatic carbocycles. The molecular formula is C19H27ClN2O4. The molecule has 2 unspecified atom stereocenters. The van der Waals surface area contributed by atoms with Crippen LogP contribution in [0.25, 0.3) is 0 Å². The van der Waals surface area contributed by atoms with E-state index in [2.05, 4.69) is 22.8 Å². The Balaban J connectivity index is 0.00000196. The van der Waals surface area contributed by atoms with Gasteiger partial charge in [-0.3, -0.25) is 4.79 Å². The van der Waals surface area contributed by atoms with Crippen LogP contribution in [-0.2, 0) is 10.2 Å². The Morgan fingerprint density at radius 3 is 2.73 bits per heavy atom. The molecule has 2 atom stereocenters. The number of aliphatic hydroxyl groups excluding tert-OH is 1. The molecule has 4 rings (SSSR count). The maximum Gasteiger partial charge on any atom is 0.237 e. The van der Waals surface area contributed by atoms with E-state index in [0.29, 0.717) is 19.5 Å². The number of carbonyl (C=O) groups excluding carboxylic acids is 1. The third-order valence-electron chi connectivity index (χ3n) is 5.82. The van der Waals surface area contributed by atoms with Gasteiger partial charge in [0.1, 0.15) is 0 Å². The highest BCUT2D eigenvalue weighted by Gasteiger charge is 2.36. The monoisotopic (exact) mass is 382 g/mol. The standard InChI is InChI=1S/C19H26N2O4.ClH/c22-14-9-15(20-10-14)18(23)21-11-19(6-2-1-3-7-19)13-4-5-16-17(8-13)25-12-24-16;/h4-5,8,14-15,20,22H,1-3,6-7,9-12H2,(H,21,23);1H. The Morgan fingerprint density at radius 2 is 2.00 bits per heavy atom. The van der Waals surface area contributed by atoms with Crippen LogP contribution >= 0.6 is 12.4 Å². The van der Waals surface area contributed by atoms with Crippen LogP contribution in [0.4, 0.5) is 0 Å². The summed E-state index contributed by atoms with van der Waals surface area (Å²) in [5, 5.41) is 15.8. The van der Waals surface area contributed by atoms with Crippen LogP contribution in [0.3, 0.4) is 0 Å². The Kier molecular flexibility index (Phi) is 5.95. The molecular weight excluding hydrogens is 356 g/mol. The predicted molar refractivity (Wildman–Crippen MR) is 100 cm³/mol. The Morgan fingerprint density at radius 1 is 1.23 bits per heavy atom. The number of nitrogens with one attached hydrogen (secondary N) is 2. The average molecular weight is 383 g/mol. The Labute approximate surface area is 160 Å². The van der Waals surface area contributed by atoms with Crippen molar-refractivity contribution < 1.29 is 19.4 Å². The molecule has 0 radical (unpaired) electrons. The van der Waals surface area contributed by atoms with E-state index in [0.717, 1.165) is 24.3 Å². The SMILES string of the molecule is Cl.O=C(NCC1(c2ccc3c(c2)OCO3)CCCCC1)C1CC(O)CN1. The molecule has 0 bridgehead atoms. The average Bonchev–Trinajstić information content (AvgIpc) is 3.28. The maximum absolute atomic E-state index is 12.5. The van der Waals surface area contributed by atoms with Gasteiger partial charge < -0.3 is 25.2 Å². The van der Waals surface area contributed by atoms with Crippen LogP contribution in [0.1, 0.15) is 44.1 Å². The molecule has 1 aromatic rings. The number of hydrogen-bond acceptors (Lipinski definition) is 5. The zero-order valence-electron chi connectivity index (χ0n) is 14.8. The first-order valence-electron chi connectivity index (χ1n) is 9.26. The van der Waals surface area contributed by atoms with Crippen molar-refractivity contribution in [2.45, 2.75) is 56.1 Å². The lowest BCUT2D eigenvalue weighted by molar-refractivity contribution is -0.123. The first-order chi connectivity index (χ1) is 12.2. The smallest absolute Gasteiger partial charge is 0.237 e. The summed E-state index contributed by atoms with van der Waals surface area (Å²) in [6, 6.07) is 5.89. The highest BCUT2D eigenvalue weighted by molar-refractivity contribution is 5.85. The molecule has 144 valence electrons. The topological polar surface area (TPSA) is 79.8 Å². The van der Waals surface area contributed by atoms with Crippen LogP contribution in [0.2, 0.25) is 0 Å². The molecule has 1 saturated heterocycles. The van der Waals surface area contributed by atoms with E-state index in [1.807, 2.05) is 6.07 Å². The second kappa shape index (κ2) is 8.03. The third kappa shape index (κ3) is 3.77. The van der Waals surface area contributed by atoms with Gasteiger partial charge >= 0.3 is 0 Å². The van der Waals surface area contributed by atoms with Crippen LogP contribution < -0.4 is 20.1 Å². The first kappa shape index (κ1) is 19.3. The fourth-order valence-electron chi connectivity index (χ4n) is 4.32. The summed E-state index contributed by atoms with van der Waals surface area (Å²) < 4.78 is 11.0. The number of fused-ring (bicyclic) bond motifs is 1. The fraction of sp³-hybridized carbons (Fsp3) is 0.632. The molecule has 26 heavy (non-hydrogen) atoms. The first-order valence-corrected chi connectivity index (χ1v) is 9.26. The fourth-order valence-corrected chi connectivity index (χ4v) is 4.32. The van der Waals surface area contributed by atoms with Crippen LogP contribution in [0, 0.1) is 0 Å². The third-order valence-corrected chi connectivity index (χ3v) is 5.82. The molecule has 0 aromatic heterocycles. The molecule has 3 aliphatic rings. The number of hydrogen-bond donors (Lipinski definition) is 3. The zero-order chi connectivity index (χ0) is 17.3. The molecule has 2 aliphatic heterocycles. The van der Waals surface area contributed by atoms with Gasteiger partial charge in [-0.2, -0.15) is 0 Å². The van der Waals surface area contributed by atoms with E-state index in [4.69, 9.17) is 9.47 Å². The lowest BCUT2D eigenvalue weighted by Crippen LogP contribution is -2.47. The zero-order valence-corrected chi connectivity index (χ0v) is 15.6. The molecule has 2 fully saturated rings. The van der Waals surface area contributed by atoms with Crippen molar-refractivity contribution in [2.75, 3.05) is 19.9 Å². The van der Waals surface area contributed by atoms with Gasteiger partial charge in [-0.15, -0.1) is 12.4 Å². The largest absolute Gasteiger partial charge is 0.454 e. The minimum atomic E-state index is -0.423. The summed E-state index contributed by atoms with van der Waals surface area (Å²) in [5.41, 5.74) is 1.17. The summed E-state index contributed by atoms with van der Waals surface area (Å²) in [6.07, 6.45) is 5.78. The Hall–Kier alpha value is -1.50. The lowest BCUT2D eigenvalue weighted by atomic mass is 9.69. The van der Waals surface area contributed by atoms with Crippen molar-refractivity contribution in [3.63, 3.8) is 0 Å². The quantitative estimate of drug-likeness (QED) is 0.741. The summed E-state index contributed by atoms with van der Waals surface area (Å²) in [5.74, 6) is 1.58. The van der Waals surface area contributed by atoms with E-state index in [9.17, 15) is 9.90 Å². The molecule has 7 heteroatoms. The number of aliphatic hydroxyl groups is 1. The number of ether oxygens (including phenoxy) is 2. The van der Waals surface area contributed by atoms with Crippen LogP contribution in [0.5, 0.6) is 11.5 Å². The number of halogens is 1. The maximum atomic E-state index is 12.5. The van der Waals surface area contributed by atoms with Crippen LogP contribution in [-0.4, -0.2) is 43.0 Å². The van der Waals surface area contributed by atoms with Gasteiger partial charge in [-0.1, -0.05) is 25.3 Å². The highest BCUT2D eigenvalue weighted by atomic mass is 35.5. The number of β-amino-alcohol motifs (C(OH)–C–C–N with tert-alkyl or cyclic N) is 1. The van der Waals surface area contributed by atoms with E-state index in [1.165, 1.54) is 24.8 Å². The molecule has 1 amide bonds. The second-order valence-electron chi connectivity index (χ2n) is 7.48. The van der Waals surface area contributed by atoms with Crippen molar-refractivity contribution in [3.8, 4) is 11.5 Å².